The molecule has 3 heterocycles. The van der Waals surface area contributed by atoms with Gasteiger partial charge in [0.05, 0.1) is 17.5 Å². The van der Waals surface area contributed by atoms with E-state index in [1.54, 1.807) is 12.4 Å². The van der Waals surface area contributed by atoms with E-state index in [4.69, 9.17) is 9.47 Å². The first-order chi connectivity index (χ1) is 16.6. The lowest BCUT2D eigenvalue weighted by Crippen LogP contribution is -2.28. The van der Waals surface area contributed by atoms with Crippen LogP contribution in [-0.4, -0.2) is 38.2 Å². The van der Waals surface area contributed by atoms with Gasteiger partial charge in [-0.15, -0.1) is 10.2 Å². The van der Waals surface area contributed by atoms with Crippen molar-refractivity contribution >= 4 is 17.7 Å². The summed E-state index contributed by atoms with van der Waals surface area (Å²) >= 11 is 1.34. The van der Waals surface area contributed by atoms with Crippen LogP contribution in [0.15, 0.2) is 72.1 Å². The number of amides is 1. The van der Waals surface area contributed by atoms with Crippen LogP contribution in [0.1, 0.15) is 24.1 Å². The molecule has 9 heteroatoms. The Labute approximate surface area is 201 Å². The average Bonchev–Trinajstić information content (AvgIpc) is 3.50. The number of carbonyl (C=O) groups excluding carboxylic acids is 1. The van der Waals surface area contributed by atoms with Crippen molar-refractivity contribution in [3.8, 4) is 28.6 Å². The molecule has 1 atom stereocenters. The summed E-state index contributed by atoms with van der Waals surface area (Å²) in [5.74, 6) is 2.20. The lowest BCUT2D eigenvalue weighted by atomic mass is 10.1. The molecule has 0 aliphatic carbocycles. The number of hydrogen-bond acceptors (Lipinski definition) is 7. The van der Waals surface area contributed by atoms with E-state index in [1.807, 2.05) is 73.0 Å². The summed E-state index contributed by atoms with van der Waals surface area (Å²) in [4.78, 5) is 17.0. The van der Waals surface area contributed by atoms with E-state index in [0.29, 0.717) is 16.7 Å². The maximum absolute atomic E-state index is 12.8. The zero-order valence-electron chi connectivity index (χ0n) is 18.8. The first kappa shape index (κ1) is 22.0. The number of fused-ring (bicyclic) bond motifs is 1. The Morgan fingerprint density at radius 1 is 1.12 bits per heavy atom. The molecule has 0 saturated carbocycles. The fourth-order valence-electron chi connectivity index (χ4n) is 3.76. The third kappa shape index (κ3) is 4.47. The van der Waals surface area contributed by atoms with E-state index >= 15 is 0 Å². The first-order valence-electron chi connectivity index (χ1n) is 10.8. The van der Waals surface area contributed by atoms with E-state index < -0.39 is 0 Å². The van der Waals surface area contributed by atoms with Gasteiger partial charge in [0.1, 0.15) is 0 Å². The van der Waals surface area contributed by atoms with Crippen LogP contribution in [0.2, 0.25) is 0 Å². The maximum Gasteiger partial charge on any atom is 0.231 e. The van der Waals surface area contributed by atoms with Crippen molar-refractivity contribution in [2.45, 2.75) is 25.0 Å². The van der Waals surface area contributed by atoms with Crippen LogP contribution in [-0.2, 0) is 4.79 Å². The monoisotopic (exact) mass is 473 g/mol. The smallest absolute Gasteiger partial charge is 0.231 e. The van der Waals surface area contributed by atoms with Crippen molar-refractivity contribution in [3.05, 3.63) is 78.1 Å². The van der Waals surface area contributed by atoms with Gasteiger partial charge in [-0.2, -0.15) is 0 Å². The van der Waals surface area contributed by atoms with Crippen LogP contribution < -0.4 is 14.8 Å². The first-order valence-corrected chi connectivity index (χ1v) is 11.8. The molecular formula is C25H23N5O3S. The molecule has 4 aromatic rings. The summed E-state index contributed by atoms with van der Waals surface area (Å²) in [6, 6.07) is 17.3. The van der Waals surface area contributed by atoms with Crippen molar-refractivity contribution in [1.82, 2.24) is 25.1 Å². The summed E-state index contributed by atoms with van der Waals surface area (Å²) in [5, 5.41) is 12.5. The number of benzene rings is 2. The predicted molar refractivity (Wildman–Crippen MR) is 129 cm³/mol. The number of ether oxygens (including phenoxy) is 2. The van der Waals surface area contributed by atoms with Gasteiger partial charge in [0.25, 0.3) is 0 Å². The number of hydrogen-bond donors (Lipinski definition) is 1. The summed E-state index contributed by atoms with van der Waals surface area (Å²) in [6.45, 7) is 4.20. The standard InChI is InChI=1S/C25H23N5O3S/c1-16-6-3-4-8-20(16)30-24(19-7-5-11-26-13-19)28-29-25(30)34-14-23(31)27-17(2)18-9-10-21-22(12-18)33-15-32-21/h3-13,17H,14-15H2,1-2H3,(H,27,31)/t17-/m0/s1. The Balaban J connectivity index is 1.34. The van der Waals surface area contributed by atoms with Crippen molar-refractivity contribution in [1.29, 1.82) is 0 Å². The van der Waals surface area contributed by atoms with Crippen LogP contribution in [0.4, 0.5) is 0 Å². The largest absolute Gasteiger partial charge is 0.454 e. The second-order valence-electron chi connectivity index (χ2n) is 7.86. The molecule has 1 amide bonds. The Morgan fingerprint density at radius 3 is 2.79 bits per heavy atom. The van der Waals surface area contributed by atoms with Gasteiger partial charge >= 0.3 is 0 Å². The van der Waals surface area contributed by atoms with Crippen molar-refractivity contribution in [3.63, 3.8) is 0 Å². The molecule has 0 saturated heterocycles. The molecule has 0 fully saturated rings. The molecule has 172 valence electrons. The molecule has 1 aliphatic heterocycles. The van der Waals surface area contributed by atoms with Gasteiger partial charge in [-0.3, -0.25) is 14.3 Å². The lowest BCUT2D eigenvalue weighted by molar-refractivity contribution is -0.119. The molecule has 1 N–H and O–H groups in total. The van der Waals surface area contributed by atoms with Crippen LogP contribution in [0, 0.1) is 6.92 Å². The Hall–Kier alpha value is -3.85. The Morgan fingerprint density at radius 2 is 1.97 bits per heavy atom. The number of thioether (sulfide) groups is 1. The number of nitrogens with one attached hydrogen (secondary N) is 1. The van der Waals surface area contributed by atoms with Gasteiger partial charge in [0.2, 0.25) is 12.7 Å². The number of aryl methyl sites for hydroxylation is 1. The zero-order valence-corrected chi connectivity index (χ0v) is 19.6. The van der Waals surface area contributed by atoms with Crippen LogP contribution in [0.5, 0.6) is 11.5 Å². The second kappa shape index (κ2) is 9.56. The van der Waals surface area contributed by atoms with Crippen LogP contribution in [0.25, 0.3) is 17.1 Å². The van der Waals surface area contributed by atoms with Gasteiger partial charge < -0.3 is 14.8 Å². The second-order valence-corrected chi connectivity index (χ2v) is 8.80. The van der Waals surface area contributed by atoms with Gasteiger partial charge in [-0.1, -0.05) is 36.0 Å². The molecule has 8 nitrogen and oxygen atoms in total. The zero-order chi connectivity index (χ0) is 23.5. The highest BCUT2D eigenvalue weighted by Gasteiger charge is 2.20. The summed E-state index contributed by atoms with van der Waals surface area (Å²) < 4.78 is 12.8. The minimum absolute atomic E-state index is 0.0996. The number of para-hydroxylation sites is 1. The number of nitrogens with zero attached hydrogens (tertiary/aromatic N) is 4. The van der Waals surface area contributed by atoms with Gasteiger partial charge in [-0.25, -0.2) is 0 Å². The van der Waals surface area contributed by atoms with Crippen LogP contribution >= 0.6 is 11.8 Å². The summed E-state index contributed by atoms with van der Waals surface area (Å²) in [5.41, 5.74) is 3.84. The molecule has 5 rings (SSSR count). The molecule has 0 unspecified atom stereocenters. The minimum atomic E-state index is -0.178. The fraction of sp³-hybridized carbons (Fsp3) is 0.200. The molecule has 34 heavy (non-hydrogen) atoms. The SMILES string of the molecule is Cc1ccccc1-n1c(SCC(=O)N[C@@H](C)c2ccc3c(c2)OCO3)nnc1-c1cccnc1. The third-order valence-corrected chi connectivity index (χ3v) is 6.44. The molecule has 1 aliphatic rings. The Bertz CT molecular complexity index is 1330. The highest BCUT2D eigenvalue weighted by atomic mass is 32.2. The van der Waals surface area contributed by atoms with Crippen LogP contribution in [0.3, 0.4) is 0 Å². The molecule has 2 aromatic heterocycles. The van der Waals surface area contributed by atoms with E-state index in [1.165, 1.54) is 11.8 Å². The lowest BCUT2D eigenvalue weighted by Gasteiger charge is -2.15. The molecule has 0 spiro atoms. The molecular weight excluding hydrogens is 450 g/mol. The highest BCUT2D eigenvalue weighted by molar-refractivity contribution is 7.99. The molecule has 0 radical (unpaired) electrons. The number of carbonyl (C=O) groups is 1. The highest BCUT2D eigenvalue weighted by Crippen LogP contribution is 2.34. The van der Waals surface area contributed by atoms with Crippen molar-refractivity contribution in [2.24, 2.45) is 0 Å². The number of aromatic nitrogens is 4. The van der Waals surface area contributed by atoms with Gasteiger partial charge in [0, 0.05) is 18.0 Å². The molecule has 2 aromatic carbocycles. The fourth-order valence-corrected chi connectivity index (χ4v) is 4.51. The minimum Gasteiger partial charge on any atom is -0.454 e. The van der Waals surface area contributed by atoms with Crippen molar-refractivity contribution in [2.75, 3.05) is 12.5 Å². The van der Waals surface area contributed by atoms with E-state index in [9.17, 15) is 4.79 Å². The average molecular weight is 474 g/mol. The van der Waals surface area contributed by atoms with Gasteiger partial charge in [-0.05, 0) is 55.3 Å². The quantitative estimate of drug-likeness (QED) is 0.399. The number of rotatable bonds is 7. The normalized spacial score (nSPS) is 13.0. The summed E-state index contributed by atoms with van der Waals surface area (Å²) in [7, 11) is 0. The van der Waals surface area contributed by atoms with E-state index in [-0.39, 0.29) is 24.5 Å². The summed E-state index contributed by atoms with van der Waals surface area (Å²) in [6.07, 6.45) is 3.48. The topological polar surface area (TPSA) is 91.2 Å². The Kier molecular flexibility index (Phi) is 6.18. The molecule has 0 bridgehead atoms. The predicted octanol–water partition coefficient (Wildman–Crippen LogP) is 4.34. The van der Waals surface area contributed by atoms with E-state index in [0.717, 1.165) is 28.1 Å². The van der Waals surface area contributed by atoms with Crippen molar-refractivity contribution < 1.29 is 14.3 Å². The third-order valence-electron chi connectivity index (χ3n) is 5.52. The van der Waals surface area contributed by atoms with Gasteiger partial charge in [0.15, 0.2) is 22.5 Å². The number of pyridine rings is 1. The van der Waals surface area contributed by atoms with E-state index in [2.05, 4.69) is 20.5 Å². The maximum atomic E-state index is 12.8.